The molecule has 1 unspecified atom stereocenters. The summed E-state index contributed by atoms with van der Waals surface area (Å²) in [6, 6.07) is 17.0. The summed E-state index contributed by atoms with van der Waals surface area (Å²) in [4.78, 5) is 31.8. The molecule has 0 saturated carbocycles. The standard InChI is InChI=1S/C26H27N3O4/c1-3-4-7-16-27-25(30)24(18-12-14-19(32-2)15-13-18)29-21-10-6-5-9-20(21)28-23(26(29)31)22-11-8-17-33-22/h5-6,8-15,17,24H,3-4,7,16H2,1-2H3,(H,27,30). The molecule has 0 spiro atoms. The Hall–Kier alpha value is -3.87. The molecule has 170 valence electrons. The highest BCUT2D eigenvalue weighted by molar-refractivity contribution is 5.87. The monoisotopic (exact) mass is 445 g/mol. The van der Waals surface area contributed by atoms with Crippen molar-refractivity contribution in [3.05, 3.63) is 82.8 Å². The fourth-order valence-electron chi connectivity index (χ4n) is 3.87. The van der Waals surface area contributed by atoms with Crippen molar-refractivity contribution < 1.29 is 13.9 Å². The summed E-state index contributed by atoms with van der Waals surface area (Å²) in [5.74, 6) is 0.778. The lowest BCUT2D eigenvalue weighted by molar-refractivity contribution is -0.123. The van der Waals surface area contributed by atoms with Gasteiger partial charge in [-0.25, -0.2) is 4.98 Å². The number of ether oxygens (including phenoxy) is 1. The van der Waals surface area contributed by atoms with Gasteiger partial charge in [-0.2, -0.15) is 0 Å². The van der Waals surface area contributed by atoms with Crippen molar-refractivity contribution in [2.75, 3.05) is 13.7 Å². The van der Waals surface area contributed by atoms with Crippen LogP contribution in [-0.2, 0) is 4.79 Å². The van der Waals surface area contributed by atoms with Gasteiger partial charge in [-0.3, -0.25) is 14.2 Å². The molecule has 0 aliphatic rings. The maximum atomic E-state index is 13.7. The number of para-hydroxylation sites is 2. The molecular weight excluding hydrogens is 418 g/mol. The van der Waals surface area contributed by atoms with Crippen molar-refractivity contribution in [2.24, 2.45) is 0 Å². The number of fused-ring (bicyclic) bond motifs is 1. The van der Waals surface area contributed by atoms with E-state index in [1.165, 1.54) is 10.8 Å². The lowest BCUT2D eigenvalue weighted by atomic mass is 10.0. The molecule has 0 saturated heterocycles. The van der Waals surface area contributed by atoms with E-state index < -0.39 is 11.6 Å². The Morgan fingerprint density at radius 3 is 2.58 bits per heavy atom. The van der Waals surface area contributed by atoms with E-state index in [4.69, 9.17) is 9.15 Å². The van der Waals surface area contributed by atoms with E-state index in [9.17, 15) is 9.59 Å². The number of amides is 1. The van der Waals surface area contributed by atoms with Crippen LogP contribution in [-0.4, -0.2) is 29.1 Å². The summed E-state index contributed by atoms with van der Waals surface area (Å²) in [6.45, 7) is 2.66. The molecule has 4 aromatic rings. The predicted octanol–water partition coefficient (Wildman–Crippen LogP) is 4.56. The zero-order valence-electron chi connectivity index (χ0n) is 18.8. The first-order chi connectivity index (χ1) is 16.1. The second-order valence-corrected chi connectivity index (χ2v) is 7.78. The van der Waals surface area contributed by atoms with Gasteiger partial charge in [-0.15, -0.1) is 0 Å². The van der Waals surface area contributed by atoms with Gasteiger partial charge in [0.2, 0.25) is 5.91 Å². The lowest BCUT2D eigenvalue weighted by Gasteiger charge is -2.22. The molecule has 4 rings (SSSR count). The van der Waals surface area contributed by atoms with Gasteiger partial charge in [-0.05, 0) is 48.4 Å². The number of unbranched alkanes of at least 4 members (excludes halogenated alkanes) is 2. The largest absolute Gasteiger partial charge is 0.497 e. The van der Waals surface area contributed by atoms with E-state index >= 15 is 0 Å². The van der Waals surface area contributed by atoms with Crippen LogP contribution in [0.25, 0.3) is 22.5 Å². The van der Waals surface area contributed by atoms with E-state index in [-0.39, 0.29) is 11.6 Å². The molecule has 33 heavy (non-hydrogen) atoms. The lowest BCUT2D eigenvalue weighted by Crippen LogP contribution is -2.39. The van der Waals surface area contributed by atoms with E-state index in [1.54, 1.807) is 37.4 Å². The van der Waals surface area contributed by atoms with Crippen molar-refractivity contribution in [2.45, 2.75) is 32.2 Å². The number of nitrogens with zero attached hydrogens (tertiary/aromatic N) is 2. The minimum absolute atomic E-state index is 0.163. The third-order valence-corrected chi connectivity index (χ3v) is 5.57. The average Bonchev–Trinajstić information content (AvgIpc) is 3.38. The van der Waals surface area contributed by atoms with Gasteiger partial charge in [0.05, 0.1) is 24.4 Å². The third-order valence-electron chi connectivity index (χ3n) is 5.57. The maximum absolute atomic E-state index is 13.7. The highest BCUT2D eigenvalue weighted by Crippen LogP contribution is 2.26. The first-order valence-electron chi connectivity index (χ1n) is 11.1. The highest BCUT2D eigenvalue weighted by atomic mass is 16.5. The number of nitrogens with one attached hydrogen (secondary N) is 1. The first-order valence-corrected chi connectivity index (χ1v) is 11.1. The number of benzene rings is 2. The predicted molar refractivity (Wildman–Crippen MR) is 127 cm³/mol. The normalized spacial score (nSPS) is 11.9. The van der Waals surface area contributed by atoms with Gasteiger partial charge in [-0.1, -0.05) is 44.0 Å². The van der Waals surface area contributed by atoms with Crippen molar-refractivity contribution in [1.82, 2.24) is 14.9 Å². The Morgan fingerprint density at radius 2 is 1.88 bits per heavy atom. The Bertz CT molecular complexity index is 1280. The Kier molecular flexibility index (Phi) is 6.88. The van der Waals surface area contributed by atoms with Crippen LogP contribution in [0.1, 0.15) is 37.8 Å². The van der Waals surface area contributed by atoms with Gasteiger partial charge in [0, 0.05) is 6.54 Å². The molecule has 0 bridgehead atoms. The number of carbonyl (C=O) groups excluding carboxylic acids is 1. The SMILES string of the molecule is CCCCCNC(=O)C(c1ccc(OC)cc1)n1c(=O)c(-c2ccco2)nc2ccccc21. The zero-order valence-corrected chi connectivity index (χ0v) is 18.8. The van der Waals surface area contributed by atoms with Crippen molar-refractivity contribution >= 4 is 16.9 Å². The second-order valence-electron chi connectivity index (χ2n) is 7.78. The van der Waals surface area contributed by atoms with Crippen LogP contribution in [0.3, 0.4) is 0 Å². The van der Waals surface area contributed by atoms with Crippen LogP contribution in [0.4, 0.5) is 0 Å². The van der Waals surface area contributed by atoms with Crippen LogP contribution in [0.2, 0.25) is 0 Å². The average molecular weight is 446 g/mol. The smallest absolute Gasteiger partial charge is 0.281 e. The Labute approximate surface area is 192 Å². The van der Waals surface area contributed by atoms with Gasteiger partial charge < -0.3 is 14.5 Å². The summed E-state index contributed by atoms with van der Waals surface area (Å²) in [5, 5.41) is 3.02. The fraction of sp³-hybridized carbons (Fsp3) is 0.269. The van der Waals surface area contributed by atoms with Crippen LogP contribution >= 0.6 is 0 Å². The van der Waals surface area contributed by atoms with Gasteiger partial charge in [0.15, 0.2) is 11.5 Å². The molecule has 1 atom stereocenters. The van der Waals surface area contributed by atoms with Crippen LogP contribution in [0, 0.1) is 0 Å². The van der Waals surface area contributed by atoms with Crippen molar-refractivity contribution in [3.63, 3.8) is 0 Å². The Morgan fingerprint density at radius 1 is 1.09 bits per heavy atom. The van der Waals surface area contributed by atoms with Crippen LogP contribution < -0.4 is 15.6 Å². The molecule has 7 heteroatoms. The quantitative estimate of drug-likeness (QED) is 0.382. The minimum Gasteiger partial charge on any atom is -0.497 e. The molecule has 1 N–H and O–H groups in total. The number of hydrogen-bond donors (Lipinski definition) is 1. The molecule has 7 nitrogen and oxygen atoms in total. The molecule has 0 radical (unpaired) electrons. The summed E-state index contributed by atoms with van der Waals surface area (Å²) in [6.07, 6.45) is 4.45. The zero-order chi connectivity index (χ0) is 23.2. The number of furan rings is 1. The number of hydrogen-bond acceptors (Lipinski definition) is 5. The number of carbonyl (C=O) groups is 1. The molecule has 0 fully saturated rings. The van der Waals surface area contributed by atoms with E-state index in [2.05, 4.69) is 17.2 Å². The molecule has 2 aromatic carbocycles. The summed E-state index contributed by atoms with van der Waals surface area (Å²) in [7, 11) is 1.59. The first kappa shape index (κ1) is 22.3. The molecule has 2 aromatic heterocycles. The van der Waals surface area contributed by atoms with E-state index in [0.29, 0.717) is 34.7 Å². The third kappa shape index (κ3) is 4.67. The van der Waals surface area contributed by atoms with E-state index in [1.807, 2.05) is 30.3 Å². The fourth-order valence-corrected chi connectivity index (χ4v) is 3.87. The number of rotatable bonds is 9. The highest BCUT2D eigenvalue weighted by Gasteiger charge is 2.27. The topological polar surface area (TPSA) is 86.4 Å². The maximum Gasteiger partial charge on any atom is 0.281 e. The Balaban J connectivity index is 1.90. The van der Waals surface area contributed by atoms with Crippen LogP contribution in [0.5, 0.6) is 5.75 Å². The molecule has 2 heterocycles. The molecule has 1 amide bonds. The number of aromatic nitrogens is 2. The summed E-state index contributed by atoms with van der Waals surface area (Å²) >= 11 is 0. The van der Waals surface area contributed by atoms with Gasteiger partial charge in [0.1, 0.15) is 11.8 Å². The summed E-state index contributed by atoms with van der Waals surface area (Å²) in [5.41, 5.74) is 1.61. The summed E-state index contributed by atoms with van der Waals surface area (Å²) < 4.78 is 12.3. The number of methoxy groups -OCH3 is 1. The van der Waals surface area contributed by atoms with Crippen LogP contribution in [0.15, 0.2) is 76.1 Å². The van der Waals surface area contributed by atoms with Gasteiger partial charge in [0.25, 0.3) is 5.56 Å². The van der Waals surface area contributed by atoms with E-state index in [0.717, 1.165) is 19.3 Å². The molecule has 0 aliphatic heterocycles. The molecule has 0 aliphatic carbocycles. The minimum atomic E-state index is -0.883. The van der Waals surface area contributed by atoms with Crippen molar-refractivity contribution in [3.8, 4) is 17.2 Å². The molecular formula is C26H27N3O4. The van der Waals surface area contributed by atoms with Crippen molar-refractivity contribution in [1.29, 1.82) is 0 Å². The van der Waals surface area contributed by atoms with Gasteiger partial charge >= 0.3 is 0 Å². The second kappa shape index (κ2) is 10.2.